The molecular formula is C21H24FN3O2. The van der Waals surface area contributed by atoms with E-state index in [0.717, 1.165) is 18.8 Å². The Balaban J connectivity index is 1.55. The van der Waals surface area contributed by atoms with Crippen molar-refractivity contribution < 1.29 is 14.0 Å². The van der Waals surface area contributed by atoms with Crippen LogP contribution in [0.25, 0.3) is 0 Å². The van der Waals surface area contributed by atoms with Crippen molar-refractivity contribution in [3.8, 4) is 0 Å². The van der Waals surface area contributed by atoms with Crippen molar-refractivity contribution in [3.05, 3.63) is 54.3 Å². The van der Waals surface area contributed by atoms with Crippen LogP contribution in [0.3, 0.4) is 0 Å². The molecular weight excluding hydrogens is 345 g/mol. The first kappa shape index (κ1) is 18.9. The molecule has 2 amide bonds. The molecule has 0 radical (unpaired) electrons. The topological polar surface area (TPSA) is 52.7 Å². The fraction of sp³-hybridized carbons (Fsp3) is 0.333. The summed E-state index contributed by atoms with van der Waals surface area (Å²) in [4.78, 5) is 27.8. The second kappa shape index (κ2) is 8.66. The van der Waals surface area contributed by atoms with Crippen LogP contribution < -0.4 is 15.1 Å². The first-order chi connectivity index (χ1) is 13.0. The van der Waals surface area contributed by atoms with Gasteiger partial charge < -0.3 is 15.1 Å². The molecule has 3 rings (SSSR count). The van der Waals surface area contributed by atoms with Gasteiger partial charge in [0.05, 0.1) is 0 Å². The summed E-state index contributed by atoms with van der Waals surface area (Å²) in [5.74, 6) is -0.837. The van der Waals surface area contributed by atoms with E-state index in [1.54, 1.807) is 12.1 Å². The highest BCUT2D eigenvalue weighted by Crippen LogP contribution is 2.22. The Morgan fingerprint density at radius 2 is 1.81 bits per heavy atom. The van der Waals surface area contributed by atoms with Gasteiger partial charge in [0.25, 0.3) is 0 Å². The fourth-order valence-electron chi connectivity index (χ4n) is 3.28. The molecule has 1 fully saturated rings. The molecule has 2 aromatic carbocycles. The molecule has 142 valence electrons. The number of hydrogen-bond acceptors (Lipinski definition) is 3. The van der Waals surface area contributed by atoms with Gasteiger partial charge in [0.15, 0.2) is 0 Å². The molecule has 0 aromatic heterocycles. The summed E-state index contributed by atoms with van der Waals surface area (Å²) in [6, 6.07) is 13.6. The zero-order valence-corrected chi connectivity index (χ0v) is 15.5. The summed E-state index contributed by atoms with van der Waals surface area (Å²) < 4.78 is 13.4. The van der Waals surface area contributed by atoms with Crippen molar-refractivity contribution in [2.45, 2.75) is 26.2 Å². The van der Waals surface area contributed by atoms with Gasteiger partial charge in [-0.1, -0.05) is 6.07 Å². The van der Waals surface area contributed by atoms with E-state index in [1.807, 2.05) is 24.3 Å². The molecule has 1 aliphatic rings. The number of carbonyl (C=O) groups is 2. The Morgan fingerprint density at radius 3 is 2.44 bits per heavy atom. The molecule has 0 unspecified atom stereocenters. The van der Waals surface area contributed by atoms with Crippen molar-refractivity contribution in [1.29, 1.82) is 0 Å². The maximum atomic E-state index is 13.4. The van der Waals surface area contributed by atoms with E-state index < -0.39 is 5.82 Å². The van der Waals surface area contributed by atoms with Gasteiger partial charge in [-0.05, 0) is 55.3 Å². The third-order valence-corrected chi connectivity index (χ3v) is 4.68. The molecule has 6 heteroatoms. The lowest BCUT2D eigenvalue weighted by atomic mass is 10.2. The first-order valence-corrected chi connectivity index (χ1v) is 9.21. The van der Waals surface area contributed by atoms with Crippen molar-refractivity contribution in [3.63, 3.8) is 0 Å². The number of carbonyl (C=O) groups excluding carboxylic acids is 2. The van der Waals surface area contributed by atoms with Crippen LogP contribution in [0.1, 0.15) is 26.2 Å². The summed E-state index contributed by atoms with van der Waals surface area (Å²) in [6.45, 7) is 3.75. The quantitative estimate of drug-likeness (QED) is 0.842. The van der Waals surface area contributed by atoms with Gasteiger partial charge in [0, 0.05) is 50.0 Å². The third kappa shape index (κ3) is 5.06. The largest absolute Gasteiger partial charge is 0.372 e. The number of anilines is 3. The van der Waals surface area contributed by atoms with Crippen LogP contribution in [0.5, 0.6) is 0 Å². The van der Waals surface area contributed by atoms with Crippen molar-refractivity contribution in [1.82, 2.24) is 0 Å². The highest BCUT2D eigenvalue weighted by Gasteiger charge is 2.15. The van der Waals surface area contributed by atoms with E-state index in [1.165, 1.54) is 42.5 Å². The van der Waals surface area contributed by atoms with Crippen molar-refractivity contribution in [2.75, 3.05) is 34.8 Å². The summed E-state index contributed by atoms with van der Waals surface area (Å²) in [7, 11) is 0. The van der Waals surface area contributed by atoms with Crippen LogP contribution in [-0.4, -0.2) is 31.4 Å². The van der Waals surface area contributed by atoms with Crippen molar-refractivity contribution >= 4 is 28.9 Å². The molecule has 27 heavy (non-hydrogen) atoms. The first-order valence-electron chi connectivity index (χ1n) is 9.21. The van der Waals surface area contributed by atoms with Crippen molar-refractivity contribution in [2.24, 2.45) is 0 Å². The van der Waals surface area contributed by atoms with Crippen LogP contribution in [0.2, 0.25) is 0 Å². The van der Waals surface area contributed by atoms with Crippen LogP contribution >= 0.6 is 0 Å². The third-order valence-electron chi connectivity index (χ3n) is 4.68. The minimum absolute atomic E-state index is 0.129. The molecule has 1 N–H and O–H groups in total. The summed E-state index contributed by atoms with van der Waals surface area (Å²) in [5.41, 5.74) is 2.34. The predicted molar refractivity (Wildman–Crippen MR) is 106 cm³/mol. The van der Waals surface area contributed by atoms with Crippen LogP contribution in [0.15, 0.2) is 48.5 Å². The molecule has 2 aromatic rings. The minimum Gasteiger partial charge on any atom is -0.372 e. The molecule has 1 heterocycles. The molecule has 0 saturated carbocycles. The molecule has 5 nitrogen and oxygen atoms in total. The average Bonchev–Trinajstić information content (AvgIpc) is 3.17. The lowest BCUT2D eigenvalue weighted by Crippen LogP contribution is -2.32. The molecule has 0 bridgehead atoms. The number of halogens is 1. The van der Waals surface area contributed by atoms with Crippen LogP contribution in [-0.2, 0) is 9.59 Å². The van der Waals surface area contributed by atoms with Gasteiger partial charge in [-0.2, -0.15) is 0 Å². The van der Waals surface area contributed by atoms with Gasteiger partial charge in [-0.25, -0.2) is 4.39 Å². The highest BCUT2D eigenvalue weighted by atomic mass is 19.1. The number of hydrogen-bond donors (Lipinski definition) is 1. The van der Waals surface area contributed by atoms with Crippen LogP contribution in [0.4, 0.5) is 21.5 Å². The zero-order chi connectivity index (χ0) is 19.2. The predicted octanol–water partition coefficient (Wildman–Crippen LogP) is 3.81. The SMILES string of the molecule is CC(=O)N(CCC(=O)Nc1ccc(N2CCCC2)cc1)c1cccc(F)c1. The maximum absolute atomic E-state index is 13.4. The average molecular weight is 369 g/mol. The minimum atomic E-state index is -0.415. The second-order valence-electron chi connectivity index (χ2n) is 6.69. The van der Waals surface area contributed by atoms with E-state index in [2.05, 4.69) is 10.2 Å². The lowest BCUT2D eigenvalue weighted by Gasteiger charge is -2.21. The van der Waals surface area contributed by atoms with E-state index >= 15 is 0 Å². The Morgan fingerprint density at radius 1 is 1.11 bits per heavy atom. The number of nitrogens with zero attached hydrogens (tertiary/aromatic N) is 2. The zero-order valence-electron chi connectivity index (χ0n) is 15.5. The van der Waals surface area contributed by atoms with Gasteiger partial charge in [0.1, 0.15) is 5.82 Å². The summed E-state index contributed by atoms with van der Waals surface area (Å²) >= 11 is 0. The summed E-state index contributed by atoms with van der Waals surface area (Å²) in [5, 5.41) is 2.85. The van der Waals surface area contributed by atoms with Crippen LogP contribution in [0, 0.1) is 5.82 Å². The molecule has 1 saturated heterocycles. The van der Waals surface area contributed by atoms with Gasteiger partial charge in [-0.3, -0.25) is 9.59 Å². The standard InChI is InChI=1S/C21H24FN3O2/c1-16(26)25(20-6-4-5-17(22)15-20)14-11-21(27)23-18-7-9-19(10-8-18)24-12-2-3-13-24/h4-10,15H,2-3,11-14H2,1H3,(H,23,27). The highest BCUT2D eigenvalue weighted by molar-refractivity contribution is 5.94. The van der Waals surface area contributed by atoms with Gasteiger partial charge in [-0.15, -0.1) is 0 Å². The molecule has 0 spiro atoms. The normalized spacial score (nSPS) is 13.5. The van der Waals surface area contributed by atoms with Gasteiger partial charge >= 0.3 is 0 Å². The number of amides is 2. The molecule has 1 aliphatic heterocycles. The Bertz CT molecular complexity index is 801. The van der Waals surface area contributed by atoms with E-state index in [9.17, 15) is 14.0 Å². The maximum Gasteiger partial charge on any atom is 0.226 e. The van der Waals surface area contributed by atoms with E-state index in [4.69, 9.17) is 0 Å². The molecule has 0 atom stereocenters. The lowest BCUT2D eigenvalue weighted by molar-refractivity contribution is -0.117. The van der Waals surface area contributed by atoms with E-state index in [0.29, 0.717) is 5.69 Å². The number of rotatable bonds is 6. The Labute approximate surface area is 158 Å². The second-order valence-corrected chi connectivity index (χ2v) is 6.69. The summed E-state index contributed by atoms with van der Waals surface area (Å²) in [6.07, 6.45) is 2.57. The van der Waals surface area contributed by atoms with E-state index in [-0.39, 0.29) is 24.8 Å². The Kier molecular flexibility index (Phi) is 6.06. The smallest absolute Gasteiger partial charge is 0.226 e. The van der Waals surface area contributed by atoms with Gasteiger partial charge in [0.2, 0.25) is 11.8 Å². The number of benzene rings is 2. The monoisotopic (exact) mass is 369 g/mol. The fourth-order valence-corrected chi connectivity index (χ4v) is 3.28. The Hall–Kier alpha value is -2.89. The number of nitrogens with one attached hydrogen (secondary N) is 1. The molecule has 0 aliphatic carbocycles.